The van der Waals surface area contributed by atoms with Crippen molar-refractivity contribution in [2.75, 3.05) is 17.7 Å². The molecule has 1 unspecified atom stereocenters. The van der Waals surface area contributed by atoms with Crippen LogP contribution in [-0.4, -0.2) is 24.0 Å². The van der Waals surface area contributed by atoms with Crippen LogP contribution in [0.5, 0.6) is 5.75 Å². The molecule has 0 fully saturated rings. The van der Waals surface area contributed by atoms with Gasteiger partial charge in [-0.25, -0.2) is 4.99 Å². The second kappa shape index (κ2) is 9.95. The van der Waals surface area contributed by atoms with E-state index in [-0.39, 0.29) is 5.91 Å². The Kier molecular flexibility index (Phi) is 6.40. The number of nitrogens with zero attached hydrogens (tertiary/aromatic N) is 2. The molecule has 1 aliphatic rings. The number of nitrogens with one attached hydrogen (secondary N) is 3. The fourth-order valence-electron chi connectivity index (χ4n) is 4.11. The van der Waals surface area contributed by atoms with Gasteiger partial charge >= 0.3 is 6.01 Å². The normalized spacial score (nSPS) is 15.3. The zero-order chi connectivity index (χ0) is 25.1. The highest BCUT2D eigenvalue weighted by molar-refractivity contribution is 6.07. The zero-order valence-corrected chi connectivity index (χ0v) is 20.3. The molecule has 0 bridgehead atoms. The first kappa shape index (κ1) is 23.2. The number of benzene rings is 3. The molecule has 8 heteroatoms. The van der Waals surface area contributed by atoms with E-state index < -0.39 is 6.04 Å². The first-order chi connectivity index (χ1) is 17.5. The summed E-state index contributed by atoms with van der Waals surface area (Å²) in [5.41, 5.74) is 5.38. The minimum absolute atomic E-state index is 0.227. The molecule has 8 nitrogen and oxygen atoms in total. The summed E-state index contributed by atoms with van der Waals surface area (Å²) in [5, 5.41) is 9.33. The van der Waals surface area contributed by atoms with Gasteiger partial charge in [0, 0.05) is 11.4 Å². The molecular formula is C28H27N5O3. The number of hydrogen-bond acceptors (Lipinski definition) is 7. The Labute approximate surface area is 209 Å². The van der Waals surface area contributed by atoms with E-state index in [1.807, 2.05) is 79.7 Å². The first-order valence-electron chi connectivity index (χ1n) is 11.8. The topological polar surface area (TPSA) is 101 Å². The van der Waals surface area contributed by atoms with Gasteiger partial charge in [0.15, 0.2) is 5.58 Å². The number of guanidine groups is 1. The molecule has 4 aromatic rings. The van der Waals surface area contributed by atoms with Crippen LogP contribution < -0.4 is 20.7 Å². The summed E-state index contributed by atoms with van der Waals surface area (Å²) in [7, 11) is 1.62. The Balaban J connectivity index is 1.46. The Morgan fingerprint density at radius 2 is 1.81 bits per heavy atom. The summed E-state index contributed by atoms with van der Waals surface area (Å²) in [6.07, 6.45) is 0.937. The standard InChI is InChI=1S/C28H27N5O3/c1-4-18-9-13-20(14-10-18)30-26(34)24-17(2)29-27(32-25(24)19-11-15-21(35-3)16-12-19)33-28-31-22-7-5-6-8-23(22)36-28/h5-16,25H,4H2,1-3H3,(H,30,34)(H2,29,31,32,33). The molecule has 1 aromatic heterocycles. The van der Waals surface area contributed by atoms with Crippen molar-refractivity contribution in [2.24, 2.45) is 4.99 Å². The lowest BCUT2D eigenvalue weighted by Gasteiger charge is -2.26. The highest BCUT2D eigenvalue weighted by atomic mass is 16.5. The molecule has 0 saturated carbocycles. The third-order valence-corrected chi connectivity index (χ3v) is 6.06. The van der Waals surface area contributed by atoms with Crippen LogP contribution in [0.15, 0.2) is 93.5 Å². The molecule has 36 heavy (non-hydrogen) atoms. The van der Waals surface area contributed by atoms with Gasteiger partial charge in [-0.2, -0.15) is 4.98 Å². The van der Waals surface area contributed by atoms with E-state index in [1.54, 1.807) is 7.11 Å². The minimum atomic E-state index is -0.557. The Morgan fingerprint density at radius 1 is 1.06 bits per heavy atom. The first-order valence-corrected chi connectivity index (χ1v) is 11.8. The molecule has 1 amide bonds. The molecule has 3 N–H and O–H groups in total. The number of oxazole rings is 1. The quantitative estimate of drug-likeness (QED) is 0.340. The minimum Gasteiger partial charge on any atom is -0.497 e. The van der Waals surface area contributed by atoms with E-state index in [0.717, 1.165) is 28.9 Å². The fraction of sp³-hybridized carbons (Fsp3) is 0.179. The molecule has 0 spiro atoms. The van der Waals surface area contributed by atoms with Crippen LogP contribution in [0.1, 0.15) is 31.0 Å². The highest BCUT2D eigenvalue weighted by Gasteiger charge is 2.30. The van der Waals surface area contributed by atoms with Gasteiger partial charge in [-0.1, -0.05) is 43.3 Å². The van der Waals surface area contributed by atoms with Gasteiger partial charge in [0.2, 0.25) is 5.96 Å². The van der Waals surface area contributed by atoms with Crippen molar-refractivity contribution >= 4 is 34.7 Å². The summed E-state index contributed by atoms with van der Waals surface area (Å²) in [5.74, 6) is 0.933. The van der Waals surface area contributed by atoms with Crippen LogP contribution in [0.3, 0.4) is 0 Å². The van der Waals surface area contributed by atoms with Gasteiger partial charge in [0.05, 0.1) is 12.7 Å². The van der Waals surface area contributed by atoms with Crippen LogP contribution in [0.25, 0.3) is 11.1 Å². The van der Waals surface area contributed by atoms with Crippen molar-refractivity contribution in [3.05, 3.63) is 95.2 Å². The van der Waals surface area contributed by atoms with Crippen LogP contribution in [0.4, 0.5) is 11.7 Å². The van der Waals surface area contributed by atoms with Crippen molar-refractivity contribution in [1.82, 2.24) is 10.3 Å². The molecule has 0 saturated heterocycles. The maximum Gasteiger partial charge on any atom is 0.302 e. The maximum atomic E-state index is 13.5. The lowest BCUT2D eigenvalue weighted by molar-refractivity contribution is -0.113. The van der Waals surface area contributed by atoms with E-state index >= 15 is 0 Å². The van der Waals surface area contributed by atoms with Gasteiger partial charge < -0.3 is 19.8 Å². The van der Waals surface area contributed by atoms with E-state index in [1.165, 1.54) is 5.56 Å². The number of carbonyl (C=O) groups is 1. The number of aryl methyl sites for hydroxylation is 1. The summed E-state index contributed by atoms with van der Waals surface area (Å²) >= 11 is 0. The van der Waals surface area contributed by atoms with E-state index in [9.17, 15) is 4.79 Å². The molecule has 0 aliphatic carbocycles. The molecule has 1 atom stereocenters. The average Bonchev–Trinajstić information content (AvgIpc) is 3.31. The van der Waals surface area contributed by atoms with Gasteiger partial charge in [-0.15, -0.1) is 0 Å². The van der Waals surface area contributed by atoms with Gasteiger partial charge in [-0.05, 0) is 60.9 Å². The summed E-state index contributed by atoms with van der Waals surface area (Å²) in [6, 6.07) is 22.7. The van der Waals surface area contributed by atoms with Gasteiger partial charge in [0.25, 0.3) is 5.91 Å². The van der Waals surface area contributed by atoms with Crippen LogP contribution in [0, 0.1) is 0 Å². The lowest BCUT2D eigenvalue weighted by Crippen LogP contribution is -2.37. The summed E-state index contributed by atoms with van der Waals surface area (Å²) in [6.45, 7) is 3.95. The molecule has 182 valence electrons. The number of rotatable bonds is 6. The number of carbonyl (C=O) groups excluding carboxylic acids is 1. The summed E-state index contributed by atoms with van der Waals surface area (Å²) in [4.78, 5) is 22.8. The van der Waals surface area contributed by atoms with Crippen molar-refractivity contribution < 1.29 is 13.9 Å². The number of anilines is 2. The number of hydrogen-bond donors (Lipinski definition) is 3. The predicted molar refractivity (Wildman–Crippen MR) is 141 cm³/mol. The molecule has 1 aliphatic heterocycles. The molecule has 3 aromatic carbocycles. The fourth-order valence-corrected chi connectivity index (χ4v) is 4.11. The third kappa shape index (κ3) is 4.79. The monoisotopic (exact) mass is 481 g/mol. The second-order valence-corrected chi connectivity index (χ2v) is 8.43. The number of ether oxygens (including phenoxy) is 1. The predicted octanol–water partition coefficient (Wildman–Crippen LogP) is 5.42. The smallest absolute Gasteiger partial charge is 0.302 e. The molecular weight excluding hydrogens is 454 g/mol. The number of fused-ring (bicyclic) bond motifs is 1. The lowest BCUT2D eigenvalue weighted by atomic mass is 9.95. The van der Waals surface area contributed by atoms with Crippen molar-refractivity contribution in [2.45, 2.75) is 26.3 Å². The van der Waals surface area contributed by atoms with E-state index in [0.29, 0.717) is 28.8 Å². The number of allylic oxidation sites excluding steroid dienone is 1. The number of amides is 1. The Bertz CT molecular complexity index is 1420. The second-order valence-electron chi connectivity index (χ2n) is 8.43. The number of aliphatic imine (C=N–C) groups is 1. The average molecular weight is 482 g/mol. The number of para-hydroxylation sites is 2. The van der Waals surface area contributed by atoms with Crippen molar-refractivity contribution in [1.29, 1.82) is 0 Å². The highest BCUT2D eigenvalue weighted by Crippen LogP contribution is 2.33. The Morgan fingerprint density at radius 3 is 2.50 bits per heavy atom. The van der Waals surface area contributed by atoms with Crippen molar-refractivity contribution in [3.8, 4) is 5.75 Å². The zero-order valence-electron chi connectivity index (χ0n) is 20.3. The maximum absolute atomic E-state index is 13.5. The number of aromatic nitrogens is 1. The SMILES string of the molecule is CCc1ccc(NC(=O)C2=C(C)NC(Nc3nc4ccccc4o3)=NC2c2ccc(OC)cc2)cc1. The Hall–Kier alpha value is -4.59. The van der Waals surface area contributed by atoms with Crippen molar-refractivity contribution in [3.63, 3.8) is 0 Å². The van der Waals surface area contributed by atoms with Crippen LogP contribution >= 0.6 is 0 Å². The van der Waals surface area contributed by atoms with E-state index in [4.69, 9.17) is 14.1 Å². The third-order valence-electron chi connectivity index (χ3n) is 6.06. The van der Waals surface area contributed by atoms with E-state index in [2.05, 4.69) is 27.9 Å². The molecule has 2 heterocycles. The van der Waals surface area contributed by atoms with Gasteiger partial charge in [-0.3, -0.25) is 10.1 Å². The van der Waals surface area contributed by atoms with Crippen LogP contribution in [0.2, 0.25) is 0 Å². The van der Waals surface area contributed by atoms with Crippen LogP contribution in [-0.2, 0) is 11.2 Å². The molecule has 0 radical (unpaired) electrons. The number of methoxy groups -OCH3 is 1. The largest absolute Gasteiger partial charge is 0.497 e. The summed E-state index contributed by atoms with van der Waals surface area (Å²) < 4.78 is 11.1. The molecule has 5 rings (SSSR count). The van der Waals surface area contributed by atoms with Gasteiger partial charge in [0.1, 0.15) is 17.3 Å².